The first-order valence-electron chi connectivity index (χ1n) is 4.43. The van der Waals surface area contributed by atoms with Crippen LogP contribution in [0.15, 0.2) is 0 Å². The lowest BCUT2D eigenvalue weighted by Gasteiger charge is -2.28. The minimum absolute atomic E-state index is 0.00153. The van der Waals surface area contributed by atoms with Crippen molar-refractivity contribution < 1.29 is 14.6 Å². The van der Waals surface area contributed by atoms with Gasteiger partial charge < -0.3 is 15.6 Å². The summed E-state index contributed by atoms with van der Waals surface area (Å²) in [6, 6.07) is 0. The molecule has 0 fully saturated rings. The van der Waals surface area contributed by atoms with Crippen LogP contribution in [0.25, 0.3) is 0 Å². The third kappa shape index (κ3) is 5.47. The first kappa shape index (κ1) is 12.2. The minimum atomic E-state index is -0.788. The molecule has 0 heterocycles. The van der Waals surface area contributed by atoms with Gasteiger partial charge in [-0.3, -0.25) is 0 Å². The Morgan fingerprint density at radius 2 is 2.15 bits per heavy atom. The number of amides is 1. The van der Waals surface area contributed by atoms with E-state index in [0.29, 0.717) is 5.92 Å². The van der Waals surface area contributed by atoms with Crippen molar-refractivity contribution in [3.63, 3.8) is 0 Å². The number of rotatable bonds is 5. The summed E-state index contributed by atoms with van der Waals surface area (Å²) in [4.78, 5) is 10.4. The van der Waals surface area contributed by atoms with E-state index in [-0.39, 0.29) is 18.6 Å². The largest absolute Gasteiger partial charge is 0.449 e. The third-order valence-corrected chi connectivity index (χ3v) is 1.85. The average Bonchev–Trinajstić information content (AvgIpc) is 2.00. The monoisotopic (exact) mass is 189 g/mol. The van der Waals surface area contributed by atoms with E-state index in [1.807, 2.05) is 6.92 Å². The summed E-state index contributed by atoms with van der Waals surface area (Å²) in [6.45, 7) is 6.15. The molecule has 0 aromatic carbocycles. The van der Waals surface area contributed by atoms with Crippen molar-refractivity contribution in [2.24, 2.45) is 17.1 Å². The van der Waals surface area contributed by atoms with E-state index >= 15 is 0 Å². The molecule has 0 spiro atoms. The van der Waals surface area contributed by atoms with Crippen molar-refractivity contribution in [2.45, 2.75) is 27.2 Å². The van der Waals surface area contributed by atoms with E-state index in [1.54, 1.807) is 0 Å². The van der Waals surface area contributed by atoms with Crippen LogP contribution in [-0.4, -0.2) is 24.4 Å². The van der Waals surface area contributed by atoms with Gasteiger partial charge in [-0.1, -0.05) is 20.8 Å². The van der Waals surface area contributed by atoms with Gasteiger partial charge in [0.1, 0.15) is 6.61 Å². The van der Waals surface area contributed by atoms with Crippen molar-refractivity contribution in [1.82, 2.24) is 0 Å². The normalized spacial score (nSPS) is 15.5. The molecule has 0 aliphatic heterocycles. The number of carbonyl (C=O) groups is 1. The molecule has 4 heteroatoms. The Labute approximate surface area is 79.1 Å². The Kier molecular flexibility index (Phi) is 4.77. The standard InChI is InChI=1S/C9H19NO3/c1-7(2)4-9(3,5-11)6-13-8(10)12/h7,11H,4-6H2,1-3H3,(H2,10,12). The van der Waals surface area contributed by atoms with Crippen molar-refractivity contribution in [3.05, 3.63) is 0 Å². The molecule has 0 aliphatic carbocycles. The van der Waals surface area contributed by atoms with Gasteiger partial charge >= 0.3 is 6.09 Å². The maximum Gasteiger partial charge on any atom is 0.404 e. The van der Waals surface area contributed by atoms with Crippen LogP contribution in [0, 0.1) is 11.3 Å². The van der Waals surface area contributed by atoms with E-state index in [1.165, 1.54) is 0 Å². The van der Waals surface area contributed by atoms with Crippen molar-refractivity contribution >= 4 is 6.09 Å². The predicted molar refractivity (Wildman–Crippen MR) is 50.2 cm³/mol. The van der Waals surface area contributed by atoms with Crippen molar-refractivity contribution in [3.8, 4) is 0 Å². The molecule has 78 valence electrons. The maximum absolute atomic E-state index is 10.4. The first-order chi connectivity index (χ1) is 5.89. The summed E-state index contributed by atoms with van der Waals surface area (Å²) < 4.78 is 4.68. The number of aliphatic hydroxyl groups excluding tert-OH is 1. The fraction of sp³-hybridized carbons (Fsp3) is 0.889. The summed E-state index contributed by atoms with van der Waals surface area (Å²) in [6.07, 6.45) is 0.0139. The Morgan fingerprint density at radius 1 is 1.62 bits per heavy atom. The van der Waals surface area contributed by atoms with E-state index in [9.17, 15) is 4.79 Å². The van der Waals surface area contributed by atoms with Gasteiger partial charge in [0.25, 0.3) is 0 Å². The second-order valence-electron chi connectivity index (χ2n) is 4.17. The van der Waals surface area contributed by atoms with Gasteiger partial charge in [0.05, 0.1) is 6.61 Å². The summed E-state index contributed by atoms with van der Waals surface area (Å²) in [5.74, 6) is 0.452. The number of primary amides is 1. The predicted octanol–water partition coefficient (Wildman–Crippen LogP) is 1.13. The number of ether oxygens (including phenoxy) is 1. The number of hydrogen-bond donors (Lipinski definition) is 2. The van der Waals surface area contributed by atoms with E-state index < -0.39 is 6.09 Å². The highest BCUT2D eigenvalue weighted by atomic mass is 16.5. The SMILES string of the molecule is CC(C)CC(C)(CO)COC(N)=O. The van der Waals surface area contributed by atoms with Gasteiger partial charge in [0.2, 0.25) is 0 Å². The highest BCUT2D eigenvalue weighted by Gasteiger charge is 2.26. The number of nitrogens with two attached hydrogens (primary N) is 1. The Morgan fingerprint density at radius 3 is 2.46 bits per heavy atom. The van der Waals surface area contributed by atoms with Crippen molar-refractivity contribution in [2.75, 3.05) is 13.2 Å². The second kappa shape index (κ2) is 5.07. The van der Waals surface area contributed by atoms with Crippen LogP contribution in [-0.2, 0) is 4.74 Å². The molecule has 0 rings (SSSR count). The second-order valence-corrected chi connectivity index (χ2v) is 4.17. The fourth-order valence-electron chi connectivity index (χ4n) is 1.40. The molecule has 0 bridgehead atoms. The molecule has 1 atom stereocenters. The number of hydrogen-bond acceptors (Lipinski definition) is 3. The van der Waals surface area contributed by atoms with Gasteiger partial charge in [-0.2, -0.15) is 0 Å². The van der Waals surface area contributed by atoms with Gasteiger partial charge in [0.15, 0.2) is 0 Å². The molecule has 0 aromatic rings. The Balaban J connectivity index is 4.03. The third-order valence-electron chi connectivity index (χ3n) is 1.85. The van der Waals surface area contributed by atoms with Crippen LogP contribution in [0.2, 0.25) is 0 Å². The van der Waals surface area contributed by atoms with Gasteiger partial charge in [-0.25, -0.2) is 4.79 Å². The van der Waals surface area contributed by atoms with E-state index in [0.717, 1.165) is 6.42 Å². The summed E-state index contributed by atoms with van der Waals surface area (Å²) >= 11 is 0. The smallest absolute Gasteiger partial charge is 0.404 e. The van der Waals surface area contributed by atoms with Crippen LogP contribution in [0.5, 0.6) is 0 Å². The van der Waals surface area contributed by atoms with E-state index in [2.05, 4.69) is 18.6 Å². The zero-order valence-electron chi connectivity index (χ0n) is 8.54. The first-order valence-corrected chi connectivity index (χ1v) is 4.43. The van der Waals surface area contributed by atoms with Gasteiger partial charge in [-0.05, 0) is 12.3 Å². The van der Waals surface area contributed by atoms with Gasteiger partial charge in [0, 0.05) is 5.41 Å². The zero-order valence-corrected chi connectivity index (χ0v) is 8.54. The quantitative estimate of drug-likeness (QED) is 0.680. The van der Waals surface area contributed by atoms with Gasteiger partial charge in [-0.15, -0.1) is 0 Å². The van der Waals surface area contributed by atoms with E-state index in [4.69, 9.17) is 10.8 Å². The summed E-state index contributed by atoms with van der Waals surface area (Å²) in [5, 5.41) is 9.11. The zero-order chi connectivity index (χ0) is 10.5. The Bertz CT molecular complexity index is 170. The molecule has 3 N–H and O–H groups in total. The molecule has 0 aliphatic rings. The molecule has 1 amide bonds. The molecule has 4 nitrogen and oxygen atoms in total. The van der Waals surface area contributed by atoms with Crippen LogP contribution >= 0.6 is 0 Å². The fourth-order valence-corrected chi connectivity index (χ4v) is 1.40. The van der Waals surface area contributed by atoms with Crippen LogP contribution in [0.3, 0.4) is 0 Å². The highest BCUT2D eigenvalue weighted by molar-refractivity contribution is 5.64. The molecule has 0 aromatic heterocycles. The molecule has 1 unspecified atom stereocenters. The minimum Gasteiger partial charge on any atom is -0.449 e. The summed E-state index contributed by atoms with van der Waals surface area (Å²) in [5.41, 5.74) is 4.47. The lowest BCUT2D eigenvalue weighted by Crippen LogP contribution is -2.31. The molecule has 0 saturated carbocycles. The molecular weight excluding hydrogens is 170 g/mol. The van der Waals surface area contributed by atoms with Crippen LogP contribution < -0.4 is 5.73 Å². The molecule has 0 saturated heterocycles. The number of aliphatic hydroxyl groups is 1. The lowest BCUT2D eigenvalue weighted by atomic mass is 9.83. The van der Waals surface area contributed by atoms with Crippen molar-refractivity contribution in [1.29, 1.82) is 0 Å². The lowest BCUT2D eigenvalue weighted by molar-refractivity contribution is 0.0392. The average molecular weight is 189 g/mol. The topological polar surface area (TPSA) is 72.6 Å². The van der Waals surface area contributed by atoms with Crippen LogP contribution in [0.4, 0.5) is 4.79 Å². The maximum atomic E-state index is 10.4. The molecular formula is C9H19NO3. The number of carbonyl (C=O) groups excluding carboxylic acids is 1. The summed E-state index contributed by atoms with van der Waals surface area (Å²) in [7, 11) is 0. The van der Waals surface area contributed by atoms with Crippen LogP contribution in [0.1, 0.15) is 27.2 Å². The Hall–Kier alpha value is -0.770. The molecule has 0 radical (unpaired) electrons. The molecule has 13 heavy (non-hydrogen) atoms. The highest BCUT2D eigenvalue weighted by Crippen LogP contribution is 2.25.